The molecule has 0 spiro atoms. The number of rotatable bonds is 3. The number of carbonyl (C=O) groups is 1. The molecule has 0 saturated carbocycles. The van der Waals surface area contributed by atoms with Gasteiger partial charge in [0.1, 0.15) is 0 Å². The molecule has 2 aliphatic rings. The Morgan fingerprint density at radius 3 is 2.83 bits per heavy atom. The van der Waals surface area contributed by atoms with Crippen molar-refractivity contribution in [2.24, 2.45) is 0 Å². The van der Waals surface area contributed by atoms with Crippen LogP contribution in [-0.2, 0) is 17.5 Å². The molecule has 0 unspecified atom stereocenters. The van der Waals surface area contributed by atoms with E-state index in [1.165, 1.54) is 11.1 Å². The molecule has 1 atom stereocenters. The maximum Gasteiger partial charge on any atom is 0.435 e. The number of nitrogens with zero attached hydrogens (tertiary/aromatic N) is 4. The number of amides is 1. The van der Waals surface area contributed by atoms with Crippen LogP contribution in [0.25, 0.3) is 0 Å². The average Bonchev–Trinajstić information content (AvgIpc) is 3.09. The van der Waals surface area contributed by atoms with Crippen LogP contribution in [0.4, 0.5) is 13.2 Å². The van der Waals surface area contributed by atoms with Crippen LogP contribution in [0, 0.1) is 6.92 Å². The van der Waals surface area contributed by atoms with Crippen molar-refractivity contribution in [1.82, 2.24) is 19.6 Å². The van der Waals surface area contributed by atoms with Crippen molar-refractivity contribution >= 4 is 5.91 Å². The molecule has 1 aromatic heterocycles. The van der Waals surface area contributed by atoms with Gasteiger partial charge in [0.25, 0.3) is 0 Å². The standard InChI is InChI=1S/C15H21F3N4O/c1-11-9-13(15(16,17)18)19-22(11)6-4-14(23)21-8-7-20-5-2-3-12(20)10-21/h9,12H,2-8,10H2,1H3/t12-/m0/s1. The quantitative estimate of drug-likeness (QED) is 0.850. The number of halogens is 3. The number of alkyl halides is 3. The first kappa shape index (κ1) is 16.3. The van der Waals surface area contributed by atoms with E-state index in [1.807, 2.05) is 4.90 Å². The Balaban J connectivity index is 1.56. The van der Waals surface area contributed by atoms with Gasteiger partial charge >= 0.3 is 6.18 Å². The first-order valence-corrected chi connectivity index (χ1v) is 7.98. The highest BCUT2D eigenvalue weighted by Gasteiger charge is 2.35. The van der Waals surface area contributed by atoms with E-state index in [2.05, 4.69) is 10.00 Å². The molecule has 23 heavy (non-hydrogen) atoms. The largest absolute Gasteiger partial charge is 0.435 e. The van der Waals surface area contributed by atoms with Gasteiger partial charge in [0.2, 0.25) is 5.91 Å². The maximum absolute atomic E-state index is 12.6. The number of hydrogen-bond donors (Lipinski definition) is 0. The molecular formula is C15H21F3N4O. The maximum atomic E-state index is 12.6. The number of fused-ring (bicyclic) bond motifs is 1. The Bertz CT molecular complexity index is 584. The fraction of sp³-hybridized carbons (Fsp3) is 0.733. The Morgan fingerprint density at radius 2 is 2.13 bits per heavy atom. The van der Waals surface area contributed by atoms with Crippen LogP contribution in [0.15, 0.2) is 6.07 Å². The van der Waals surface area contributed by atoms with E-state index in [1.54, 1.807) is 6.92 Å². The van der Waals surface area contributed by atoms with Gasteiger partial charge < -0.3 is 4.90 Å². The number of hydrogen-bond acceptors (Lipinski definition) is 3. The summed E-state index contributed by atoms with van der Waals surface area (Å²) in [6.45, 7) is 5.22. The van der Waals surface area contributed by atoms with Gasteiger partial charge in [-0.05, 0) is 32.4 Å². The molecule has 0 aliphatic carbocycles. The number of carbonyl (C=O) groups excluding carboxylic acids is 1. The van der Waals surface area contributed by atoms with Gasteiger partial charge in [0.15, 0.2) is 5.69 Å². The second kappa shape index (κ2) is 6.14. The van der Waals surface area contributed by atoms with E-state index >= 15 is 0 Å². The fourth-order valence-corrected chi connectivity index (χ4v) is 3.45. The third-order valence-corrected chi connectivity index (χ3v) is 4.75. The van der Waals surface area contributed by atoms with Crippen LogP contribution in [0.5, 0.6) is 0 Å². The Kier molecular flexibility index (Phi) is 4.35. The molecule has 2 saturated heterocycles. The summed E-state index contributed by atoms with van der Waals surface area (Å²) in [4.78, 5) is 16.6. The van der Waals surface area contributed by atoms with Crippen LogP contribution >= 0.6 is 0 Å². The first-order valence-electron chi connectivity index (χ1n) is 7.98. The fourth-order valence-electron chi connectivity index (χ4n) is 3.45. The lowest BCUT2D eigenvalue weighted by Crippen LogP contribution is -2.52. The molecule has 0 radical (unpaired) electrons. The predicted molar refractivity (Wildman–Crippen MR) is 77.8 cm³/mol. The zero-order valence-electron chi connectivity index (χ0n) is 13.1. The highest BCUT2D eigenvalue weighted by Crippen LogP contribution is 2.28. The third kappa shape index (κ3) is 3.52. The van der Waals surface area contributed by atoms with E-state index in [9.17, 15) is 18.0 Å². The molecule has 1 amide bonds. The minimum absolute atomic E-state index is 0.00000803. The van der Waals surface area contributed by atoms with E-state index in [4.69, 9.17) is 0 Å². The van der Waals surface area contributed by atoms with E-state index in [-0.39, 0.29) is 18.9 Å². The number of aromatic nitrogens is 2. The second-order valence-corrected chi connectivity index (χ2v) is 6.31. The lowest BCUT2D eigenvalue weighted by atomic mass is 10.1. The third-order valence-electron chi connectivity index (χ3n) is 4.75. The summed E-state index contributed by atoms with van der Waals surface area (Å²) in [5, 5.41) is 3.56. The Labute approximate surface area is 133 Å². The molecular weight excluding hydrogens is 309 g/mol. The highest BCUT2D eigenvalue weighted by molar-refractivity contribution is 5.76. The van der Waals surface area contributed by atoms with Crippen LogP contribution in [0.3, 0.4) is 0 Å². The molecule has 0 bridgehead atoms. The monoisotopic (exact) mass is 330 g/mol. The summed E-state index contributed by atoms with van der Waals surface area (Å²) < 4.78 is 39.2. The summed E-state index contributed by atoms with van der Waals surface area (Å²) in [5.41, 5.74) is -0.479. The number of aryl methyl sites for hydroxylation is 2. The molecule has 128 valence electrons. The van der Waals surface area contributed by atoms with E-state index < -0.39 is 11.9 Å². The molecule has 2 aliphatic heterocycles. The summed E-state index contributed by atoms with van der Waals surface area (Å²) >= 11 is 0. The molecule has 3 rings (SSSR count). The molecule has 0 aromatic carbocycles. The normalized spacial score (nSPS) is 22.4. The van der Waals surface area contributed by atoms with Gasteiger partial charge in [0, 0.05) is 44.3 Å². The van der Waals surface area contributed by atoms with Gasteiger partial charge in [-0.25, -0.2) is 0 Å². The second-order valence-electron chi connectivity index (χ2n) is 6.31. The van der Waals surface area contributed by atoms with Crippen molar-refractivity contribution in [2.45, 2.75) is 44.9 Å². The highest BCUT2D eigenvalue weighted by atomic mass is 19.4. The molecule has 5 nitrogen and oxygen atoms in total. The smallest absolute Gasteiger partial charge is 0.340 e. The van der Waals surface area contributed by atoms with E-state index in [0.717, 1.165) is 32.1 Å². The van der Waals surface area contributed by atoms with Gasteiger partial charge in [-0.2, -0.15) is 18.3 Å². The summed E-state index contributed by atoms with van der Waals surface area (Å²) in [6, 6.07) is 1.47. The Hall–Kier alpha value is -1.57. The van der Waals surface area contributed by atoms with Crippen LogP contribution < -0.4 is 0 Å². The SMILES string of the molecule is Cc1cc(C(F)(F)F)nn1CCC(=O)N1CCN2CCC[C@H]2C1. The van der Waals surface area contributed by atoms with Crippen LogP contribution in [0.1, 0.15) is 30.7 Å². The van der Waals surface area contributed by atoms with Crippen molar-refractivity contribution < 1.29 is 18.0 Å². The number of piperazine rings is 1. The van der Waals surface area contributed by atoms with Crippen LogP contribution in [0.2, 0.25) is 0 Å². The molecule has 2 fully saturated rings. The van der Waals surface area contributed by atoms with Gasteiger partial charge in [-0.3, -0.25) is 14.4 Å². The van der Waals surface area contributed by atoms with Crippen molar-refractivity contribution in [3.8, 4) is 0 Å². The lowest BCUT2D eigenvalue weighted by Gasteiger charge is -2.37. The van der Waals surface area contributed by atoms with Crippen molar-refractivity contribution in [3.63, 3.8) is 0 Å². The summed E-state index contributed by atoms with van der Waals surface area (Å²) in [7, 11) is 0. The van der Waals surface area contributed by atoms with Crippen molar-refractivity contribution in [2.75, 3.05) is 26.2 Å². The lowest BCUT2D eigenvalue weighted by molar-refractivity contribution is -0.141. The molecule has 1 aromatic rings. The minimum Gasteiger partial charge on any atom is -0.340 e. The predicted octanol–water partition coefficient (Wildman–Crippen LogP) is 1.91. The molecule has 8 heteroatoms. The zero-order chi connectivity index (χ0) is 16.6. The van der Waals surface area contributed by atoms with Gasteiger partial charge in [-0.15, -0.1) is 0 Å². The topological polar surface area (TPSA) is 41.4 Å². The first-order chi connectivity index (χ1) is 10.8. The molecule has 3 heterocycles. The van der Waals surface area contributed by atoms with Crippen LogP contribution in [-0.4, -0.2) is 57.7 Å². The van der Waals surface area contributed by atoms with Gasteiger partial charge in [0.05, 0.1) is 0 Å². The van der Waals surface area contributed by atoms with E-state index in [0.29, 0.717) is 18.3 Å². The zero-order valence-corrected chi connectivity index (χ0v) is 13.1. The summed E-state index contributed by atoms with van der Waals surface area (Å²) in [6.07, 6.45) is -1.96. The van der Waals surface area contributed by atoms with Gasteiger partial charge in [-0.1, -0.05) is 0 Å². The van der Waals surface area contributed by atoms with Crippen molar-refractivity contribution in [1.29, 1.82) is 0 Å². The average molecular weight is 330 g/mol. The minimum atomic E-state index is -4.45. The molecule has 0 N–H and O–H groups in total. The summed E-state index contributed by atoms with van der Waals surface area (Å²) in [5.74, 6) is 0.00000803. The Morgan fingerprint density at radius 1 is 1.35 bits per heavy atom. The van der Waals surface area contributed by atoms with Crippen molar-refractivity contribution in [3.05, 3.63) is 17.5 Å².